The quantitative estimate of drug-likeness (QED) is 0.647. The van der Waals surface area contributed by atoms with Crippen LogP contribution in [0.15, 0.2) is 0 Å². The highest BCUT2D eigenvalue weighted by molar-refractivity contribution is 4.67. The van der Waals surface area contributed by atoms with Crippen molar-refractivity contribution in [1.29, 1.82) is 0 Å². The minimum absolute atomic E-state index is 0.322. The highest BCUT2D eigenvalue weighted by atomic mass is 16.3. The van der Waals surface area contributed by atoms with Crippen LogP contribution in [0.2, 0.25) is 0 Å². The van der Waals surface area contributed by atoms with Crippen molar-refractivity contribution in [2.45, 2.75) is 52.7 Å². The Morgan fingerprint density at radius 3 is 1.73 bits per heavy atom. The largest absolute Gasteiger partial charge is 0.392 e. The van der Waals surface area contributed by atoms with E-state index in [1.54, 1.807) is 13.8 Å². The van der Waals surface area contributed by atoms with Crippen LogP contribution < -0.4 is 0 Å². The molecule has 0 bridgehead atoms. The zero-order valence-electron chi connectivity index (χ0n) is 10.6. The summed E-state index contributed by atoms with van der Waals surface area (Å²) in [6, 6.07) is 0. The summed E-state index contributed by atoms with van der Waals surface area (Å²) in [5, 5.41) is 18.7. The summed E-state index contributed by atoms with van der Waals surface area (Å²) in [6.45, 7) is 10.3. The average Bonchev–Trinajstić information content (AvgIpc) is 2.00. The van der Waals surface area contributed by atoms with Gasteiger partial charge in [0.25, 0.3) is 0 Å². The second-order valence-corrected chi connectivity index (χ2v) is 4.81. The van der Waals surface area contributed by atoms with Gasteiger partial charge in [-0.25, -0.2) is 0 Å². The van der Waals surface area contributed by atoms with Gasteiger partial charge < -0.3 is 10.2 Å². The smallest absolute Gasteiger partial charge is 0.0639 e. The van der Waals surface area contributed by atoms with E-state index < -0.39 is 0 Å². The molecule has 0 aliphatic carbocycles. The van der Waals surface area contributed by atoms with E-state index in [-0.39, 0.29) is 12.2 Å². The van der Waals surface area contributed by atoms with Crippen LogP contribution in [0.3, 0.4) is 0 Å². The van der Waals surface area contributed by atoms with Crippen LogP contribution >= 0.6 is 0 Å². The lowest BCUT2D eigenvalue weighted by Crippen LogP contribution is -2.39. The van der Waals surface area contributed by atoms with Gasteiger partial charge in [-0.05, 0) is 26.2 Å². The molecule has 0 fully saturated rings. The molecule has 0 saturated carbocycles. The molecule has 0 aromatic carbocycles. The standard InChI is InChI=1S/C12H27NO2/c1-5-6-10(2)7-13(8-11(3)14)9-12(4)15/h10-12,14-15H,5-9H2,1-4H3. The van der Waals surface area contributed by atoms with Crippen molar-refractivity contribution in [2.24, 2.45) is 5.92 Å². The lowest BCUT2D eigenvalue weighted by molar-refractivity contribution is 0.0746. The third-order valence-electron chi connectivity index (χ3n) is 2.40. The monoisotopic (exact) mass is 217 g/mol. The summed E-state index contributed by atoms with van der Waals surface area (Å²) in [7, 11) is 0. The van der Waals surface area contributed by atoms with Crippen molar-refractivity contribution in [3.63, 3.8) is 0 Å². The van der Waals surface area contributed by atoms with E-state index >= 15 is 0 Å². The van der Waals surface area contributed by atoms with Crippen molar-refractivity contribution >= 4 is 0 Å². The maximum Gasteiger partial charge on any atom is 0.0639 e. The zero-order chi connectivity index (χ0) is 11.8. The first-order valence-corrected chi connectivity index (χ1v) is 6.04. The molecule has 92 valence electrons. The van der Waals surface area contributed by atoms with E-state index in [1.165, 1.54) is 12.8 Å². The van der Waals surface area contributed by atoms with Gasteiger partial charge in [0.1, 0.15) is 0 Å². The summed E-state index contributed by atoms with van der Waals surface area (Å²) in [5.41, 5.74) is 0. The Balaban J connectivity index is 3.99. The van der Waals surface area contributed by atoms with Crippen LogP contribution in [0.5, 0.6) is 0 Å². The van der Waals surface area contributed by atoms with Crippen LogP contribution in [-0.4, -0.2) is 47.0 Å². The third-order valence-corrected chi connectivity index (χ3v) is 2.40. The van der Waals surface area contributed by atoms with Crippen LogP contribution in [-0.2, 0) is 0 Å². The van der Waals surface area contributed by atoms with Crippen molar-refractivity contribution < 1.29 is 10.2 Å². The zero-order valence-corrected chi connectivity index (χ0v) is 10.6. The van der Waals surface area contributed by atoms with Gasteiger partial charge in [-0.2, -0.15) is 0 Å². The lowest BCUT2D eigenvalue weighted by Gasteiger charge is -2.27. The number of hydrogen-bond donors (Lipinski definition) is 2. The van der Waals surface area contributed by atoms with Gasteiger partial charge in [0.05, 0.1) is 12.2 Å². The van der Waals surface area contributed by atoms with Gasteiger partial charge in [-0.3, -0.25) is 4.90 Å². The Morgan fingerprint density at radius 1 is 0.933 bits per heavy atom. The topological polar surface area (TPSA) is 43.7 Å². The maximum atomic E-state index is 9.36. The van der Waals surface area contributed by atoms with Gasteiger partial charge in [0, 0.05) is 19.6 Å². The second-order valence-electron chi connectivity index (χ2n) is 4.81. The van der Waals surface area contributed by atoms with Crippen LogP contribution in [0.25, 0.3) is 0 Å². The van der Waals surface area contributed by atoms with E-state index in [0.717, 1.165) is 6.54 Å². The van der Waals surface area contributed by atoms with Gasteiger partial charge in [-0.15, -0.1) is 0 Å². The van der Waals surface area contributed by atoms with Gasteiger partial charge >= 0.3 is 0 Å². The molecule has 0 aromatic rings. The van der Waals surface area contributed by atoms with Gasteiger partial charge in [0.15, 0.2) is 0 Å². The van der Waals surface area contributed by atoms with Crippen molar-refractivity contribution in [1.82, 2.24) is 4.90 Å². The van der Waals surface area contributed by atoms with Crippen molar-refractivity contribution in [2.75, 3.05) is 19.6 Å². The Hall–Kier alpha value is -0.120. The maximum absolute atomic E-state index is 9.36. The average molecular weight is 217 g/mol. The molecular weight excluding hydrogens is 190 g/mol. The number of nitrogens with zero attached hydrogens (tertiary/aromatic N) is 1. The molecule has 3 atom stereocenters. The SMILES string of the molecule is CCCC(C)CN(CC(C)O)CC(C)O. The van der Waals surface area contributed by atoms with E-state index in [9.17, 15) is 10.2 Å². The molecule has 3 nitrogen and oxygen atoms in total. The third kappa shape index (κ3) is 8.85. The van der Waals surface area contributed by atoms with E-state index in [2.05, 4.69) is 18.7 Å². The van der Waals surface area contributed by atoms with Gasteiger partial charge in [-0.1, -0.05) is 20.3 Å². The highest BCUT2D eigenvalue weighted by Crippen LogP contribution is 2.08. The highest BCUT2D eigenvalue weighted by Gasteiger charge is 2.13. The Morgan fingerprint density at radius 2 is 1.40 bits per heavy atom. The summed E-state index contributed by atoms with van der Waals surface area (Å²) in [5.74, 6) is 0.632. The number of aliphatic hydroxyl groups excluding tert-OH is 2. The molecule has 0 aliphatic heterocycles. The Bertz CT molecular complexity index is 139. The number of hydrogen-bond acceptors (Lipinski definition) is 3. The first-order chi connectivity index (χ1) is 6.95. The van der Waals surface area contributed by atoms with Crippen molar-refractivity contribution in [3.8, 4) is 0 Å². The molecule has 0 rings (SSSR count). The minimum Gasteiger partial charge on any atom is -0.392 e. The summed E-state index contributed by atoms with van der Waals surface area (Å²) in [6.07, 6.45) is 1.75. The molecule has 3 heteroatoms. The van der Waals surface area contributed by atoms with Crippen molar-refractivity contribution in [3.05, 3.63) is 0 Å². The first-order valence-electron chi connectivity index (χ1n) is 6.04. The van der Waals surface area contributed by atoms with E-state index in [1.807, 2.05) is 0 Å². The fourth-order valence-corrected chi connectivity index (χ4v) is 2.00. The lowest BCUT2D eigenvalue weighted by atomic mass is 10.1. The van der Waals surface area contributed by atoms with E-state index in [0.29, 0.717) is 19.0 Å². The Labute approximate surface area is 94.1 Å². The molecule has 0 saturated heterocycles. The summed E-state index contributed by atoms with van der Waals surface area (Å²) >= 11 is 0. The molecule has 0 radical (unpaired) electrons. The molecular formula is C12H27NO2. The molecule has 0 aliphatic rings. The molecule has 0 heterocycles. The molecule has 0 spiro atoms. The van der Waals surface area contributed by atoms with E-state index in [4.69, 9.17) is 0 Å². The first kappa shape index (κ1) is 14.9. The summed E-state index contributed by atoms with van der Waals surface area (Å²) < 4.78 is 0. The predicted octanol–water partition coefficient (Wildman–Crippen LogP) is 1.49. The fourth-order valence-electron chi connectivity index (χ4n) is 2.00. The van der Waals surface area contributed by atoms with Crippen LogP contribution in [0, 0.1) is 5.92 Å². The van der Waals surface area contributed by atoms with Gasteiger partial charge in [0.2, 0.25) is 0 Å². The van der Waals surface area contributed by atoms with Crippen LogP contribution in [0.4, 0.5) is 0 Å². The molecule has 0 amide bonds. The number of rotatable bonds is 8. The second kappa shape index (κ2) is 8.08. The molecule has 3 unspecified atom stereocenters. The number of aliphatic hydroxyl groups is 2. The Kier molecular flexibility index (Phi) is 8.02. The molecule has 2 N–H and O–H groups in total. The molecule has 15 heavy (non-hydrogen) atoms. The van der Waals surface area contributed by atoms with Crippen LogP contribution in [0.1, 0.15) is 40.5 Å². The summed E-state index contributed by atoms with van der Waals surface area (Å²) in [4.78, 5) is 2.15. The predicted molar refractivity (Wildman–Crippen MR) is 63.9 cm³/mol. The minimum atomic E-state index is -0.322. The molecule has 0 aromatic heterocycles. The fraction of sp³-hybridized carbons (Fsp3) is 1.00. The normalized spacial score (nSPS) is 17.8.